The highest BCUT2D eigenvalue weighted by molar-refractivity contribution is 7.93. The minimum Gasteiger partial charge on any atom is -0.297 e. The van der Waals surface area contributed by atoms with Gasteiger partial charge in [0.15, 0.2) is 0 Å². The van der Waals surface area contributed by atoms with Crippen LogP contribution < -0.4 is 4.31 Å². The Morgan fingerprint density at radius 1 is 1.04 bits per heavy atom. The first-order valence-electron chi connectivity index (χ1n) is 8.25. The third kappa shape index (κ3) is 2.11. The molecule has 4 nitrogen and oxygen atoms in total. The highest BCUT2D eigenvalue weighted by Gasteiger charge is 2.54. The second-order valence-electron chi connectivity index (χ2n) is 6.94. The number of fused-ring (bicyclic) bond motifs is 3. The van der Waals surface area contributed by atoms with Crippen LogP contribution in [-0.4, -0.2) is 39.2 Å². The summed E-state index contributed by atoms with van der Waals surface area (Å²) < 4.78 is 28.0. The highest BCUT2D eigenvalue weighted by atomic mass is 32.2. The van der Waals surface area contributed by atoms with E-state index in [4.69, 9.17) is 0 Å². The molecule has 2 aliphatic heterocycles. The van der Waals surface area contributed by atoms with Gasteiger partial charge in [-0.2, -0.15) is 0 Å². The molecule has 0 radical (unpaired) electrons. The molecule has 3 atom stereocenters. The molecule has 2 heterocycles. The van der Waals surface area contributed by atoms with Crippen LogP contribution in [0.3, 0.4) is 0 Å². The van der Waals surface area contributed by atoms with Crippen LogP contribution in [0, 0.1) is 6.92 Å². The number of benzene rings is 2. The van der Waals surface area contributed by atoms with E-state index in [0.717, 1.165) is 28.9 Å². The van der Waals surface area contributed by atoms with E-state index in [1.165, 1.54) is 4.31 Å². The van der Waals surface area contributed by atoms with Gasteiger partial charge in [0, 0.05) is 19.5 Å². The van der Waals surface area contributed by atoms with Crippen LogP contribution in [0.2, 0.25) is 0 Å². The lowest BCUT2D eigenvalue weighted by atomic mass is 9.92. The summed E-state index contributed by atoms with van der Waals surface area (Å²) in [6, 6.07) is 16.0. The molecule has 0 bridgehead atoms. The van der Waals surface area contributed by atoms with Crippen LogP contribution in [-0.2, 0) is 10.0 Å². The Bertz CT molecular complexity index is 879. The van der Waals surface area contributed by atoms with Crippen molar-refractivity contribution in [2.24, 2.45) is 0 Å². The Balaban J connectivity index is 1.92. The molecule has 2 aliphatic rings. The van der Waals surface area contributed by atoms with Crippen molar-refractivity contribution in [2.75, 3.05) is 24.9 Å². The molecule has 1 saturated heterocycles. The number of likely N-dealkylation sites (tertiary alicyclic amines) is 1. The molecule has 4 rings (SSSR count). The number of sulfonamides is 1. The number of likely N-dealkylation sites (N-methyl/N-ethyl adjacent to an activating group) is 1. The van der Waals surface area contributed by atoms with E-state index in [2.05, 4.69) is 17.9 Å². The van der Waals surface area contributed by atoms with E-state index in [9.17, 15) is 8.42 Å². The summed E-state index contributed by atoms with van der Waals surface area (Å²) >= 11 is 0. The maximum Gasteiger partial charge on any atom is 0.240 e. The van der Waals surface area contributed by atoms with Crippen LogP contribution in [0.5, 0.6) is 0 Å². The van der Waals surface area contributed by atoms with Crippen LogP contribution in [0.25, 0.3) is 0 Å². The quantitative estimate of drug-likeness (QED) is 0.800. The molecular formula is C19H22N2O2S. The zero-order valence-electron chi connectivity index (χ0n) is 14.2. The van der Waals surface area contributed by atoms with Crippen molar-refractivity contribution in [1.29, 1.82) is 0 Å². The average molecular weight is 342 g/mol. The zero-order chi connectivity index (χ0) is 17.1. The van der Waals surface area contributed by atoms with Gasteiger partial charge in [-0.15, -0.1) is 0 Å². The first-order chi connectivity index (χ1) is 11.4. The normalized spacial score (nSPS) is 28.5. The Kier molecular flexibility index (Phi) is 3.48. The van der Waals surface area contributed by atoms with Gasteiger partial charge in [0.25, 0.3) is 0 Å². The fourth-order valence-electron chi connectivity index (χ4n) is 4.30. The van der Waals surface area contributed by atoms with Crippen LogP contribution >= 0.6 is 0 Å². The SMILES string of the molecule is Cc1ccc2c(c1)[C@H]1[C@H]([C@H](c3ccccc3)CN1C)S(=O)(=O)N2C. The third-order valence-electron chi connectivity index (χ3n) is 5.46. The minimum atomic E-state index is -3.40. The lowest BCUT2D eigenvalue weighted by Gasteiger charge is -2.38. The Morgan fingerprint density at radius 2 is 1.75 bits per heavy atom. The van der Waals surface area contributed by atoms with Crippen molar-refractivity contribution in [3.8, 4) is 0 Å². The van der Waals surface area contributed by atoms with Gasteiger partial charge in [-0.1, -0.05) is 48.0 Å². The molecule has 0 spiro atoms. The van der Waals surface area contributed by atoms with Gasteiger partial charge in [0.05, 0.1) is 11.7 Å². The van der Waals surface area contributed by atoms with Gasteiger partial charge >= 0.3 is 0 Å². The molecule has 0 N–H and O–H groups in total. The number of nitrogens with zero attached hydrogens (tertiary/aromatic N) is 2. The van der Waals surface area contributed by atoms with Crippen molar-refractivity contribution >= 4 is 15.7 Å². The third-order valence-corrected chi connectivity index (χ3v) is 7.70. The molecule has 126 valence electrons. The van der Waals surface area contributed by atoms with Gasteiger partial charge in [-0.3, -0.25) is 9.21 Å². The van der Waals surface area contributed by atoms with E-state index in [-0.39, 0.29) is 12.0 Å². The van der Waals surface area contributed by atoms with Crippen LogP contribution in [0.15, 0.2) is 48.5 Å². The van der Waals surface area contributed by atoms with Crippen LogP contribution in [0.4, 0.5) is 5.69 Å². The number of rotatable bonds is 1. The first kappa shape index (κ1) is 15.7. The second-order valence-corrected chi connectivity index (χ2v) is 9.06. The molecule has 1 fully saturated rings. The van der Waals surface area contributed by atoms with Gasteiger partial charge in [-0.25, -0.2) is 8.42 Å². The van der Waals surface area contributed by atoms with Gasteiger partial charge < -0.3 is 0 Å². The molecule has 5 heteroatoms. The van der Waals surface area contributed by atoms with Crippen molar-refractivity contribution in [2.45, 2.75) is 24.1 Å². The van der Waals surface area contributed by atoms with E-state index in [0.29, 0.717) is 0 Å². The standard InChI is InChI=1S/C19H22N2O2S/c1-13-9-10-17-15(11-13)18-19(24(22,23)21(17)3)16(12-20(18)2)14-7-5-4-6-8-14/h4-11,16,18-19H,12H2,1-3H3/t16-,18-,19-/m0/s1. The number of anilines is 1. The summed E-state index contributed by atoms with van der Waals surface area (Å²) in [5.41, 5.74) is 4.20. The van der Waals surface area contributed by atoms with E-state index < -0.39 is 15.3 Å². The summed E-state index contributed by atoms with van der Waals surface area (Å²) in [5, 5.41) is -0.441. The maximum atomic E-state index is 13.3. The molecular weight excluding hydrogens is 320 g/mol. The lowest BCUT2D eigenvalue weighted by molar-refractivity contribution is 0.314. The Morgan fingerprint density at radius 3 is 2.46 bits per heavy atom. The van der Waals surface area contributed by atoms with Gasteiger partial charge in [0.1, 0.15) is 5.25 Å². The van der Waals surface area contributed by atoms with E-state index in [1.54, 1.807) is 7.05 Å². The number of aryl methyl sites for hydroxylation is 1. The van der Waals surface area contributed by atoms with Crippen molar-refractivity contribution in [3.05, 3.63) is 65.2 Å². The second kappa shape index (κ2) is 5.33. The maximum absolute atomic E-state index is 13.3. The molecule has 24 heavy (non-hydrogen) atoms. The molecule has 0 unspecified atom stereocenters. The fourth-order valence-corrected chi connectivity index (χ4v) is 6.44. The summed E-state index contributed by atoms with van der Waals surface area (Å²) in [5.74, 6) is -0.0117. The monoisotopic (exact) mass is 342 g/mol. The van der Waals surface area contributed by atoms with Crippen molar-refractivity contribution in [3.63, 3.8) is 0 Å². The topological polar surface area (TPSA) is 40.6 Å². The molecule has 2 aromatic carbocycles. The minimum absolute atomic E-state index is 0.0117. The molecule has 0 aromatic heterocycles. The first-order valence-corrected chi connectivity index (χ1v) is 9.75. The molecule has 0 aliphatic carbocycles. The highest BCUT2D eigenvalue weighted by Crippen LogP contribution is 2.50. The predicted molar refractivity (Wildman–Crippen MR) is 96.8 cm³/mol. The number of hydrogen-bond acceptors (Lipinski definition) is 3. The Labute approximate surface area is 143 Å². The smallest absolute Gasteiger partial charge is 0.240 e. The van der Waals surface area contributed by atoms with E-state index in [1.807, 2.05) is 49.5 Å². The number of hydrogen-bond donors (Lipinski definition) is 0. The van der Waals surface area contributed by atoms with Crippen molar-refractivity contribution in [1.82, 2.24) is 4.90 Å². The largest absolute Gasteiger partial charge is 0.297 e. The van der Waals surface area contributed by atoms with Crippen LogP contribution in [0.1, 0.15) is 28.7 Å². The molecule has 0 saturated carbocycles. The Hall–Kier alpha value is -1.85. The summed E-state index contributed by atoms with van der Waals surface area (Å²) in [4.78, 5) is 2.20. The van der Waals surface area contributed by atoms with Gasteiger partial charge in [0.2, 0.25) is 10.0 Å². The zero-order valence-corrected chi connectivity index (χ0v) is 15.0. The summed E-state index contributed by atoms with van der Waals surface area (Å²) in [6.45, 7) is 2.81. The average Bonchev–Trinajstić information content (AvgIpc) is 2.92. The summed E-state index contributed by atoms with van der Waals surface area (Å²) in [7, 11) is 0.312. The molecule has 0 amide bonds. The molecule has 2 aromatic rings. The fraction of sp³-hybridized carbons (Fsp3) is 0.368. The lowest BCUT2D eigenvalue weighted by Crippen LogP contribution is -2.46. The summed E-state index contributed by atoms with van der Waals surface area (Å²) in [6.07, 6.45) is 0. The van der Waals surface area contributed by atoms with E-state index >= 15 is 0 Å². The van der Waals surface area contributed by atoms with Crippen molar-refractivity contribution < 1.29 is 8.42 Å². The predicted octanol–water partition coefficient (Wildman–Crippen LogP) is 2.91. The van der Waals surface area contributed by atoms with Gasteiger partial charge in [-0.05, 0) is 31.2 Å².